The maximum atomic E-state index is 14.3. The summed E-state index contributed by atoms with van der Waals surface area (Å²) in [6, 6.07) is 6.85. The Kier molecular flexibility index (Phi) is 19.1. The number of hydrogen-bond acceptors (Lipinski definition) is 8. The van der Waals surface area contributed by atoms with Crippen molar-refractivity contribution in [3.05, 3.63) is 35.9 Å². The van der Waals surface area contributed by atoms with Crippen LogP contribution >= 0.6 is 0 Å². The molecule has 0 aliphatic carbocycles. The summed E-state index contributed by atoms with van der Waals surface area (Å²) in [4.78, 5) is 61.3. The second-order valence-electron chi connectivity index (χ2n) is 16.4. The molecule has 4 amide bonds. The smallest absolute Gasteiger partial charge is 0.245 e. The van der Waals surface area contributed by atoms with E-state index in [1.807, 2.05) is 90.7 Å². The molecule has 10 atom stereocenters. The van der Waals surface area contributed by atoms with E-state index in [-0.39, 0.29) is 59.9 Å². The van der Waals surface area contributed by atoms with Gasteiger partial charge in [0, 0.05) is 33.9 Å². The largest absolute Gasteiger partial charge is 0.386 e. The van der Waals surface area contributed by atoms with Crippen molar-refractivity contribution in [3.8, 4) is 0 Å². The number of nitrogens with zero attached hydrogens (tertiary/aromatic N) is 3. The summed E-state index contributed by atoms with van der Waals surface area (Å²) in [7, 11) is 6.80. The SMILES string of the molecule is CCC(C)C(C(CC(=O)N1CCCC1C(OC)C(C)C(=O)NC(C)C(O)c1ccccc1)OC)N(C)C(=O)[C@@H](NC(=O)C(C(C)C)N(C)C(C)C)C(C)C. The van der Waals surface area contributed by atoms with Crippen LogP contribution in [0.1, 0.15) is 107 Å². The monoisotopic (exact) mass is 760 g/mol. The first kappa shape index (κ1) is 47.1. The van der Waals surface area contributed by atoms with Crippen LogP contribution < -0.4 is 10.6 Å². The molecule has 3 N–H and O–H groups in total. The van der Waals surface area contributed by atoms with Crippen LogP contribution in [0.5, 0.6) is 0 Å². The Morgan fingerprint density at radius 3 is 2.00 bits per heavy atom. The number of rotatable bonds is 21. The Hall–Kier alpha value is -3.06. The number of methoxy groups -OCH3 is 2. The van der Waals surface area contributed by atoms with Crippen LogP contribution in [0.15, 0.2) is 30.3 Å². The van der Waals surface area contributed by atoms with E-state index in [1.165, 1.54) is 0 Å². The minimum absolute atomic E-state index is 0.0197. The standard InChI is InChI=1S/C42H73N5O7/c1-15-28(8)37(46(12)42(52)35(25(2)3)44-41(51)36(26(4)5)45(11)27(6)7)33(53-13)24-34(48)47-23-19-22-32(47)39(54-14)29(9)40(50)43-30(10)38(49)31-20-17-16-18-21-31/h16-18,20-21,25-30,32-33,35-39,49H,15,19,22-24H2,1-14H3,(H,43,50)(H,44,51)/t28?,29?,30?,32?,33?,35-,36?,37?,38?,39?/m0/s1. The molecule has 1 aromatic rings. The van der Waals surface area contributed by atoms with Gasteiger partial charge in [-0.05, 0) is 64.0 Å². The van der Waals surface area contributed by atoms with Crippen molar-refractivity contribution in [2.45, 2.75) is 149 Å². The van der Waals surface area contributed by atoms with Crippen molar-refractivity contribution in [2.75, 3.05) is 34.9 Å². The van der Waals surface area contributed by atoms with Crippen molar-refractivity contribution in [3.63, 3.8) is 0 Å². The first-order valence-corrected chi connectivity index (χ1v) is 20.0. The zero-order valence-corrected chi connectivity index (χ0v) is 35.7. The van der Waals surface area contributed by atoms with Gasteiger partial charge < -0.3 is 35.0 Å². The first-order valence-electron chi connectivity index (χ1n) is 20.0. The molecule has 0 radical (unpaired) electrons. The zero-order chi connectivity index (χ0) is 41.0. The van der Waals surface area contributed by atoms with Crippen molar-refractivity contribution in [2.24, 2.45) is 23.7 Å². The van der Waals surface area contributed by atoms with Crippen molar-refractivity contribution in [1.29, 1.82) is 0 Å². The van der Waals surface area contributed by atoms with Crippen LogP contribution in [-0.2, 0) is 28.7 Å². The highest BCUT2D eigenvalue weighted by atomic mass is 16.5. The van der Waals surface area contributed by atoms with Gasteiger partial charge in [0.15, 0.2) is 0 Å². The minimum atomic E-state index is -0.877. The van der Waals surface area contributed by atoms with Crippen molar-refractivity contribution in [1.82, 2.24) is 25.3 Å². The molecule has 0 spiro atoms. The number of nitrogens with one attached hydrogen (secondary N) is 2. The third-order valence-corrected chi connectivity index (χ3v) is 11.6. The van der Waals surface area contributed by atoms with Crippen LogP contribution in [0.4, 0.5) is 0 Å². The number of likely N-dealkylation sites (tertiary alicyclic amines) is 1. The number of ether oxygens (including phenoxy) is 2. The summed E-state index contributed by atoms with van der Waals surface area (Å²) >= 11 is 0. The van der Waals surface area contributed by atoms with Crippen LogP contribution in [0.2, 0.25) is 0 Å². The molecule has 12 nitrogen and oxygen atoms in total. The fourth-order valence-corrected chi connectivity index (χ4v) is 7.93. The molecule has 0 bridgehead atoms. The summed E-state index contributed by atoms with van der Waals surface area (Å²) in [5.41, 5.74) is 0.711. The molecule has 308 valence electrons. The van der Waals surface area contributed by atoms with Gasteiger partial charge in [-0.25, -0.2) is 0 Å². The lowest BCUT2D eigenvalue weighted by atomic mass is 9.89. The summed E-state index contributed by atoms with van der Waals surface area (Å²) in [6.45, 7) is 20.1. The number of hydrogen-bond donors (Lipinski definition) is 3. The zero-order valence-electron chi connectivity index (χ0n) is 35.7. The Balaban J connectivity index is 2.27. The lowest BCUT2D eigenvalue weighted by molar-refractivity contribution is -0.148. The van der Waals surface area contributed by atoms with Gasteiger partial charge in [-0.1, -0.05) is 85.2 Å². The molecule has 0 saturated carbocycles. The highest BCUT2D eigenvalue weighted by Crippen LogP contribution is 2.30. The lowest BCUT2D eigenvalue weighted by Crippen LogP contribution is -2.60. The lowest BCUT2D eigenvalue weighted by Gasteiger charge is -2.41. The Labute approximate surface area is 326 Å². The topological polar surface area (TPSA) is 141 Å². The van der Waals surface area contributed by atoms with E-state index >= 15 is 0 Å². The molecule has 1 heterocycles. The predicted octanol–water partition coefficient (Wildman–Crippen LogP) is 4.65. The molecular weight excluding hydrogens is 686 g/mol. The maximum absolute atomic E-state index is 14.3. The maximum Gasteiger partial charge on any atom is 0.245 e. The molecule has 1 aliphatic rings. The number of aliphatic hydroxyl groups is 1. The van der Waals surface area contributed by atoms with E-state index in [9.17, 15) is 24.3 Å². The highest BCUT2D eigenvalue weighted by molar-refractivity contribution is 5.90. The fraction of sp³-hybridized carbons (Fsp3) is 0.762. The third-order valence-electron chi connectivity index (χ3n) is 11.6. The van der Waals surface area contributed by atoms with Crippen molar-refractivity contribution < 1.29 is 33.8 Å². The number of carbonyl (C=O) groups excluding carboxylic acids is 4. The van der Waals surface area contributed by atoms with Crippen LogP contribution in [0.25, 0.3) is 0 Å². The van der Waals surface area contributed by atoms with Gasteiger partial charge in [-0.2, -0.15) is 0 Å². The average molecular weight is 760 g/mol. The molecule has 1 aliphatic heterocycles. The second-order valence-corrected chi connectivity index (χ2v) is 16.4. The highest BCUT2D eigenvalue weighted by Gasteiger charge is 2.43. The summed E-state index contributed by atoms with van der Waals surface area (Å²) in [5, 5.41) is 16.9. The van der Waals surface area contributed by atoms with E-state index in [0.29, 0.717) is 18.5 Å². The molecule has 0 aromatic heterocycles. The molecule has 12 heteroatoms. The number of aliphatic hydroxyl groups excluding tert-OH is 1. The molecule has 1 aromatic carbocycles. The van der Waals surface area contributed by atoms with Gasteiger partial charge in [-0.3, -0.25) is 24.1 Å². The van der Waals surface area contributed by atoms with Gasteiger partial charge >= 0.3 is 0 Å². The number of carbonyl (C=O) groups is 4. The van der Waals surface area contributed by atoms with Gasteiger partial charge in [0.25, 0.3) is 0 Å². The molecule has 2 rings (SSSR count). The Morgan fingerprint density at radius 1 is 0.889 bits per heavy atom. The molecular formula is C42H73N5O7. The van der Waals surface area contributed by atoms with Gasteiger partial charge in [0.2, 0.25) is 23.6 Å². The normalized spacial score (nSPS) is 19.9. The van der Waals surface area contributed by atoms with E-state index < -0.39 is 48.4 Å². The van der Waals surface area contributed by atoms with Gasteiger partial charge in [-0.15, -0.1) is 0 Å². The summed E-state index contributed by atoms with van der Waals surface area (Å²) in [6.07, 6.45) is 0.136. The summed E-state index contributed by atoms with van der Waals surface area (Å²) in [5.74, 6) is -1.57. The van der Waals surface area contributed by atoms with Crippen molar-refractivity contribution >= 4 is 23.6 Å². The average Bonchev–Trinajstić information content (AvgIpc) is 3.62. The first-order chi connectivity index (χ1) is 25.3. The molecule has 1 fully saturated rings. The summed E-state index contributed by atoms with van der Waals surface area (Å²) < 4.78 is 12.0. The number of amides is 4. The molecule has 1 saturated heterocycles. The Morgan fingerprint density at radius 2 is 1.50 bits per heavy atom. The predicted molar refractivity (Wildman–Crippen MR) is 213 cm³/mol. The van der Waals surface area contributed by atoms with Crippen LogP contribution in [0.3, 0.4) is 0 Å². The van der Waals surface area contributed by atoms with E-state index in [2.05, 4.69) is 17.6 Å². The van der Waals surface area contributed by atoms with E-state index in [0.717, 1.165) is 12.8 Å². The van der Waals surface area contributed by atoms with Crippen LogP contribution in [0, 0.1) is 23.7 Å². The quantitative estimate of drug-likeness (QED) is 0.165. The second kappa shape index (κ2) is 21.9. The molecule has 9 unspecified atom stereocenters. The minimum Gasteiger partial charge on any atom is -0.386 e. The number of benzene rings is 1. The fourth-order valence-electron chi connectivity index (χ4n) is 7.93. The van der Waals surface area contributed by atoms with E-state index in [1.54, 1.807) is 44.9 Å². The van der Waals surface area contributed by atoms with Gasteiger partial charge in [0.05, 0.1) is 54.8 Å². The third kappa shape index (κ3) is 12.0. The van der Waals surface area contributed by atoms with Gasteiger partial charge in [0.1, 0.15) is 6.04 Å². The van der Waals surface area contributed by atoms with Crippen LogP contribution in [-0.4, -0.2) is 127 Å². The number of likely N-dealkylation sites (N-methyl/N-ethyl adjacent to an activating group) is 2. The van der Waals surface area contributed by atoms with E-state index in [4.69, 9.17) is 9.47 Å². The molecule has 54 heavy (non-hydrogen) atoms. The Bertz CT molecular complexity index is 1330.